The minimum absolute atomic E-state index is 0.812. The molecule has 0 heteroatoms. The van der Waals surface area contributed by atoms with Gasteiger partial charge in [0, 0.05) is 0 Å². The smallest absolute Gasteiger partial charge is 0.0248 e. The Hall–Kier alpha value is -0.780. The molecule has 0 nitrogen and oxygen atoms in total. The third-order valence-corrected chi connectivity index (χ3v) is 5.47. The Bertz CT molecular complexity index is 444. The van der Waals surface area contributed by atoms with Crippen LogP contribution in [0.4, 0.5) is 0 Å². The minimum atomic E-state index is 0.812. The molecule has 2 unspecified atom stereocenters. The molecule has 0 heterocycles. The van der Waals surface area contributed by atoms with Gasteiger partial charge in [-0.25, -0.2) is 0 Å². The fourth-order valence-corrected chi connectivity index (χ4v) is 3.66. The summed E-state index contributed by atoms with van der Waals surface area (Å²) in [7, 11) is 0. The lowest BCUT2D eigenvalue weighted by Crippen LogP contribution is -2.07. The summed E-state index contributed by atoms with van der Waals surface area (Å²) in [6, 6.07) is 4.98. The molecular formula is C23H40. The van der Waals surface area contributed by atoms with Gasteiger partial charge >= 0.3 is 0 Å². The highest BCUT2D eigenvalue weighted by Crippen LogP contribution is 2.25. The van der Waals surface area contributed by atoms with Crippen LogP contribution in [-0.4, -0.2) is 0 Å². The molecule has 0 aliphatic rings. The van der Waals surface area contributed by atoms with Crippen LogP contribution < -0.4 is 0 Å². The lowest BCUT2D eigenvalue weighted by Gasteiger charge is -2.19. The first-order chi connectivity index (χ1) is 11.0. The molecule has 2 atom stereocenters. The third-order valence-electron chi connectivity index (χ3n) is 5.47. The number of hydrogen-bond donors (Lipinski definition) is 0. The maximum atomic E-state index is 2.49. The summed E-state index contributed by atoms with van der Waals surface area (Å²) in [4.78, 5) is 0. The molecule has 0 bridgehead atoms. The maximum Gasteiger partial charge on any atom is -0.0248 e. The number of benzene rings is 1. The second-order valence-corrected chi connectivity index (χ2v) is 7.78. The molecular weight excluding hydrogens is 276 g/mol. The summed E-state index contributed by atoms with van der Waals surface area (Å²) in [5.41, 5.74) is 6.20. The topological polar surface area (TPSA) is 0 Å². The average molecular weight is 317 g/mol. The molecule has 0 aliphatic carbocycles. The molecule has 0 saturated heterocycles. The quantitative estimate of drug-likeness (QED) is 0.398. The molecule has 0 spiro atoms. The summed E-state index contributed by atoms with van der Waals surface area (Å²) in [6.07, 6.45) is 12.0. The van der Waals surface area contributed by atoms with E-state index in [1.165, 1.54) is 68.9 Å². The first-order valence-corrected chi connectivity index (χ1v) is 10.1. The Labute approximate surface area is 146 Å². The van der Waals surface area contributed by atoms with Crippen LogP contribution in [0.5, 0.6) is 0 Å². The molecule has 0 saturated carbocycles. The molecule has 0 radical (unpaired) electrons. The highest BCUT2D eigenvalue weighted by atomic mass is 14.2. The van der Waals surface area contributed by atoms with E-state index in [-0.39, 0.29) is 0 Å². The van der Waals surface area contributed by atoms with Gasteiger partial charge in [0.05, 0.1) is 0 Å². The van der Waals surface area contributed by atoms with E-state index in [2.05, 4.69) is 53.7 Å². The lowest BCUT2D eigenvalue weighted by atomic mass is 9.86. The zero-order valence-electron chi connectivity index (χ0n) is 16.7. The Morgan fingerprint density at radius 3 is 1.83 bits per heavy atom. The maximum absolute atomic E-state index is 2.49. The van der Waals surface area contributed by atoms with Gasteiger partial charge in [-0.1, -0.05) is 84.8 Å². The van der Waals surface area contributed by atoms with Crippen molar-refractivity contribution in [2.75, 3.05) is 0 Å². The van der Waals surface area contributed by atoms with Gasteiger partial charge in [0.15, 0.2) is 0 Å². The van der Waals surface area contributed by atoms with Crippen LogP contribution in [-0.2, 0) is 12.8 Å². The Kier molecular flexibility index (Phi) is 9.60. The second kappa shape index (κ2) is 10.9. The van der Waals surface area contributed by atoms with Crippen LogP contribution in [0.25, 0.3) is 0 Å². The van der Waals surface area contributed by atoms with E-state index in [0.29, 0.717) is 0 Å². The number of rotatable bonds is 11. The first-order valence-electron chi connectivity index (χ1n) is 10.1. The molecule has 1 rings (SSSR count). The SMILES string of the molecule is CCCCC(C)Cc1cc(C)c(CC(CC)CCCC)cc1C. The van der Waals surface area contributed by atoms with Crippen molar-refractivity contribution in [2.24, 2.45) is 11.8 Å². The van der Waals surface area contributed by atoms with E-state index in [1.54, 1.807) is 11.1 Å². The van der Waals surface area contributed by atoms with E-state index in [1.807, 2.05) is 0 Å². The predicted octanol–water partition coefficient (Wildman–Crippen LogP) is 7.43. The van der Waals surface area contributed by atoms with Crippen molar-refractivity contribution in [3.8, 4) is 0 Å². The van der Waals surface area contributed by atoms with Crippen molar-refractivity contribution >= 4 is 0 Å². The number of unbranched alkanes of at least 4 members (excludes halogenated alkanes) is 2. The summed E-state index contributed by atoms with van der Waals surface area (Å²) >= 11 is 0. The zero-order chi connectivity index (χ0) is 17.2. The molecule has 0 N–H and O–H groups in total. The van der Waals surface area contributed by atoms with Crippen LogP contribution in [0, 0.1) is 25.7 Å². The van der Waals surface area contributed by atoms with Crippen molar-refractivity contribution in [3.63, 3.8) is 0 Å². The van der Waals surface area contributed by atoms with E-state index >= 15 is 0 Å². The van der Waals surface area contributed by atoms with E-state index in [0.717, 1.165) is 11.8 Å². The van der Waals surface area contributed by atoms with Crippen LogP contribution in [0.2, 0.25) is 0 Å². The van der Waals surface area contributed by atoms with Gasteiger partial charge in [-0.15, -0.1) is 0 Å². The fourth-order valence-electron chi connectivity index (χ4n) is 3.66. The zero-order valence-corrected chi connectivity index (χ0v) is 16.7. The summed E-state index contributed by atoms with van der Waals surface area (Å²) in [5, 5.41) is 0. The summed E-state index contributed by atoms with van der Waals surface area (Å²) in [6.45, 7) is 14.0. The summed E-state index contributed by atoms with van der Waals surface area (Å²) < 4.78 is 0. The molecule has 0 aliphatic heterocycles. The number of hydrogen-bond acceptors (Lipinski definition) is 0. The lowest BCUT2D eigenvalue weighted by molar-refractivity contribution is 0.448. The fraction of sp³-hybridized carbons (Fsp3) is 0.739. The van der Waals surface area contributed by atoms with Crippen molar-refractivity contribution in [1.29, 1.82) is 0 Å². The highest BCUT2D eigenvalue weighted by molar-refractivity contribution is 5.37. The van der Waals surface area contributed by atoms with Crippen LogP contribution in [0.15, 0.2) is 12.1 Å². The number of aryl methyl sites for hydroxylation is 2. The Morgan fingerprint density at radius 2 is 1.30 bits per heavy atom. The van der Waals surface area contributed by atoms with Gasteiger partial charge < -0.3 is 0 Å². The molecule has 23 heavy (non-hydrogen) atoms. The summed E-state index contributed by atoms with van der Waals surface area (Å²) in [5.74, 6) is 1.68. The van der Waals surface area contributed by atoms with Crippen LogP contribution in [0.1, 0.15) is 94.9 Å². The van der Waals surface area contributed by atoms with Gasteiger partial charge in [0.25, 0.3) is 0 Å². The van der Waals surface area contributed by atoms with E-state index in [4.69, 9.17) is 0 Å². The molecule has 132 valence electrons. The van der Waals surface area contributed by atoms with Crippen molar-refractivity contribution < 1.29 is 0 Å². The molecule has 0 amide bonds. The average Bonchev–Trinajstić information content (AvgIpc) is 2.53. The molecule has 0 aromatic heterocycles. The second-order valence-electron chi connectivity index (χ2n) is 7.78. The van der Waals surface area contributed by atoms with E-state index in [9.17, 15) is 0 Å². The molecule has 1 aromatic rings. The van der Waals surface area contributed by atoms with Gasteiger partial charge in [-0.05, 0) is 60.8 Å². The minimum Gasteiger partial charge on any atom is -0.0654 e. The standard InChI is InChI=1S/C23H40/c1-7-10-12-18(4)14-22-15-20(6)23(16-19(22)5)17-21(9-3)13-11-8-2/h15-16,18,21H,7-14,17H2,1-6H3. The van der Waals surface area contributed by atoms with Gasteiger partial charge in [-0.3, -0.25) is 0 Å². The largest absolute Gasteiger partial charge is 0.0654 e. The van der Waals surface area contributed by atoms with Crippen molar-refractivity contribution in [3.05, 3.63) is 34.4 Å². The Morgan fingerprint density at radius 1 is 0.783 bits per heavy atom. The first kappa shape index (κ1) is 20.3. The van der Waals surface area contributed by atoms with Gasteiger partial charge in [-0.2, -0.15) is 0 Å². The molecule has 1 aromatic carbocycles. The predicted molar refractivity (Wildman–Crippen MR) is 105 cm³/mol. The highest BCUT2D eigenvalue weighted by Gasteiger charge is 2.12. The van der Waals surface area contributed by atoms with Crippen LogP contribution >= 0.6 is 0 Å². The van der Waals surface area contributed by atoms with Gasteiger partial charge in [0.1, 0.15) is 0 Å². The molecule has 0 fully saturated rings. The normalized spacial score (nSPS) is 14.0. The van der Waals surface area contributed by atoms with Gasteiger partial charge in [0.2, 0.25) is 0 Å². The third kappa shape index (κ3) is 7.10. The van der Waals surface area contributed by atoms with Crippen molar-refractivity contribution in [1.82, 2.24) is 0 Å². The van der Waals surface area contributed by atoms with Crippen molar-refractivity contribution in [2.45, 2.75) is 99.3 Å². The Balaban J connectivity index is 2.75. The monoisotopic (exact) mass is 316 g/mol. The van der Waals surface area contributed by atoms with Crippen LogP contribution in [0.3, 0.4) is 0 Å². The van der Waals surface area contributed by atoms with E-state index < -0.39 is 0 Å².